The molecule has 1 saturated carbocycles. The average Bonchev–Trinajstić information content (AvgIpc) is 3.24. The van der Waals surface area contributed by atoms with Gasteiger partial charge >= 0.3 is 6.18 Å². The van der Waals surface area contributed by atoms with Gasteiger partial charge in [-0.25, -0.2) is 19.0 Å². The number of piperidine rings is 1. The zero-order chi connectivity index (χ0) is 27.4. The molecule has 4 unspecified atom stereocenters. The van der Waals surface area contributed by atoms with Gasteiger partial charge in [0.1, 0.15) is 6.04 Å². The number of alkyl halides is 4. The lowest BCUT2D eigenvalue weighted by molar-refractivity contribution is -0.203. The summed E-state index contributed by atoms with van der Waals surface area (Å²) in [6, 6.07) is -1.32. The number of carbonyl (C=O) groups excluding carboxylic acids is 1. The fraction of sp³-hybridized carbons (Fsp3) is 0.960. The summed E-state index contributed by atoms with van der Waals surface area (Å²) in [6.45, 7) is 3.84. The number of halogens is 4. The summed E-state index contributed by atoms with van der Waals surface area (Å²) >= 11 is 0. The summed E-state index contributed by atoms with van der Waals surface area (Å²) in [5.74, 6) is -1.25. The topological polar surface area (TPSA) is 91.8 Å². The molecule has 4 saturated heterocycles. The van der Waals surface area contributed by atoms with Gasteiger partial charge < -0.3 is 4.90 Å². The second kappa shape index (κ2) is 10.8. The van der Waals surface area contributed by atoms with Crippen molar-refractivity contribution in [1.29, 1.82) is 4.78 Å². The highest BCUT2D eigenvalue weighted by Crippen LogP contribution is 2.42. The first-order valence-corrected chi connectivity index (χ1v) is 16.0. The highest BCUT2D eigenvalue weighted by atomic mass is 32.2. The Kier molecular flexibility index (Phi) is 8.07. The molecule has 5 fully saturated rings. The summed E-state index contributed by atoms with van der Waals surface area (Å²) in [7, 11) is -1.44. The quantitative estimate of drug-likeness (QED) is 0.358. The van der Waals surface area contributed by atoms with Crippen LogP contribution >= 0.6 is 0 Å². The van der Waals surface area contributed by atoms with E-state index in [2.05, 4.69) is 22.6 Å². The molecule has 4 aliphatic heterocycles. The zero-order valence-corrected chi connectivity index (χ0v) is 23.1. The number of rotatable bonds is 4. The van der Waals surface area contributed by atoms with Crippen LogP contribution in [0.5, 0.6) is 0 Å². The minimum Gasteiger partial charge on any atom is -0.333 e. The lowest BCUT2D eigenvalue weighted by Crippen LogP contribution is -2.72. The molecular weight excluding hydrogens is 524 g/mol. The molecule has 38 heavy (non-hydrogen) atoms. The van der Waals surface area contributed by atoms with Gasteiger partial charge in [-0.3, -0.25) is 19.8 Å². The molecule has 0 aromatic heterocycles. The van der Waals surface area contributed by atoms with Gasteiger partial charge in [0.2, 0.25) is 5.91 Å². The van der Waals surface area contributed by atoms with Crippen molar-refractivity contribution in [2.24, 2.45) is 17.8 Å². The Morgan fingerprint density at radius 3 is 2.39 bits per heavy atom. The Morgan fingerprint density at radius 2 is 1.76 bits per heavy atom. The number of hydrogen-bond acceptors (Lipinski definition) is 7. The SMILES string of the molecule is C[C@@H]1CCN(C2CCC([C@H](N(C)C(=O)C3CCS(=N)(=O)CC3)C(F)(F)F)CC2)C2CNC3CC(F)NN3C21. The van der Waals surface area contributed by atoms with Gasteiger partial charge in [0.25, 0.3) is 0 Å². The van der Waals surface area contributed by atoms with E-state index in [1.54, 1.807) is 0 Å². The van der Waals surface area contributed by atoms with Gasteiger partial charge in [0.15, 0.2) is 6.30 Å². The van der Waals surface area contributed by atoms with Crippen molar-refractivity contribution in [3.8, 4) is 0 Å². The maximum absolute atomic E-state index is 14.3. The number of likely N-dealkylation sites (tertiary alicyclic amines) is 1. The second-order valence-electron chi connectivity index (χ2n) is 12.2. The van der Waals surface area contributed by atoms with Crippen LogP contribution in [0.15, 0.2) is 0 Å². The van der Waals surface area contributed by atoms with E-state index in [4.69, 9.17) is 4.78 Å². The van der Waals surface area contributed by atoms with E-state index in [0.717, 1.165) is 24.4 Å². The number of nitrogens with one attached hydrogen (secondary N) is 3. The molecule has 0 aromatic rings. The molecule has 5 rings (SSSR count). The number of amides is 1. The first-order chi connectivity index (χ1) is 17.9. The molecule has 0 aromatic carbocycles. The smallest absolute Gasteiger partial charge is 0.333 e. The maximum atomic E-state index is 14.3. The standard InChI is InChI=1S/C25H42F4N6O2S/c1-15-7-10-34(19-14-31-21-13-20(26)32-35(21)22(15)19)18-5-3-16(4-6-18)23(25(27,28)29)33(2)24(36)17-8-11-38(30,37)12-9-17/h15-23,30-32H,3-14H2,1-2H3/t15-,16?,17?,18?,19?,20?,21?,22?,23+,38?/m1/s1. The molecule has 1 amide bonds. The average molecular weight is 567 g/mol. The molecule has 218 valence electrons. The third kappa shape index (κ3) is 5.59. The summed E-state index contributed by atoms with van der Waals surface area (Å²) in [5.41, 5.74) is 2.99. The Morgan fingerprint density at radius 1 is 1.11 bits per heavy atom. The molecule has 13 heteroatoms. The summed E-state index contributed by atoms with van der Waals surface area (Å²) in [5, 5.41) is 5.52. The first-order valence-electron chi connectivity index (χ1n) is 14.1. The number of fused-ring (bicyclic) bond motifs is 3. The van der Waals surface area contributed by atoms with Crippen LogP contribution in [0.25, 0.3) is 0 Å². The predicted molar refractivity (Wildman–Crippen MR) is 136 cm³/mol. The molecule has 4 heterocycles. The van der Waals surface area contributed by atoms with Crippen LogP contribution in [0, 0.1) is 22.5 Å². The van der Waals surface area contributed by atoms with Crippen molar-refractivity contribution in [1.82, 2.24) is 25.6 Å². The Labute approximate surface area is 223 Å². The third-order valence-electron chi connectivity index (χ3n) is 9.88. The van der Waals surface area contributed by atoms with Crippen molar-refractivity contribution in [2.45, 2.75) is 101 Å². The fourth-order valence-corrected chi connectivity index (χ4v) is 9.43. The van der Waals surface area contributed by atoms with E-state index in [0.29, 0.717) is 38.0 Å². The van der Waals surface area contributed by atoms with Gasteiger partial charge in [-0.15, -0.1) is 0 Å². The minimum absolute atomic E-state index is 0.0262. The Hall–Kier alpha value is -1.02. The second-order valence-corrected chi connectivity index (χ2v) is 14.7. The Balaban J connectivity index is 1.23. The molecule has 0 spiro atoms. The highest BCUT2D eigenvalue weighted by molar-refractivity contribution is 7.92. The highest BCUT2D eigenvalue weighted by Gasteiger charge is 2.53. The van der Waals surface area contributed by atoms with Crippen LogP contribution in [-0.2, 0) is 14.5 Å². The lowest BCUT2D eigenvalue weighted by Gasteiger charge is -2.55. The van der Waals surface area contributed by atoms with E-state index in [-0.39, 0.29) is 48.6 Å². The summed E-state index contributed by atoms with van der Waals surface area (Å²) in [6.07, 6.45) is -1.74. The molecule has 0 bridgehead atoms. The van der Waals surface area contributed by atoms with Crippen molar-refractivity contribution < 1.29 is 26.6 Å². The van der Waals surface area contributed by atoms with E-state index in [1.165, 1.54) is 7.05 Å². The van der Waals surface area contributed by atoms with Gasteiger partial charge in [0.05, 0.1) is 6.17 Å². The van der Waals surface area contributed by atoms with Crippen LogP contribution < -0.4 is 10.7 Å². The van der Waals surface area contributed by atoms with Gasteiger partial charge in [-0.1, -0.05) is 6.92 Å². The van der Waals surface area contributed by atoms with E-state index < -0.39 is 46.0 Å². The number of nitrogens with zero attached hydrogens (tertiary/aromatic N) is 3. The monoisotopic (exact) mass is 566 g/mol. The molecule has 6 atom stereocenters. The van der Waals surface area contributed by atoms with Crippen molar-refractivity contribution in [3.05, 3.63) is 0 Å². The van der Waals surface area contributed by atoms with E-state index >= 15 is 0 Å². The minimum atomic E-state index is -4.53. The van der Waals surface area contributed by atoms with E-state index in [1.807, 2.05) is 5.01 Å². The van der Waals surface area contributed by atoms with Crippen molar-refractivity contribution in [2.75, 3.05) is 31.6 Å². The largest absolute Gasteiger partial charge is 0.409 e. The maximum Gasteiger partial charge on any atom is 0.409 e. The van der Waals surface area contributed by atoms with Gasteiger partial charge in [-0.2, -0.15) is 13.2 Å². The summed E-state index contributed by atoms with van der Waals surface area (Å²) < 4.78 is 76.8. The normalized spacial score (nSPS) is 43.7. The van der Waals surface area contributed by atoms with E-state index in [9.17, 15) is 26.6 Å². The fourth-order valence-electron chi connectivity index (χ4n) is 7.90. The third-order valence-corrected chi connectivity index (χ3v) is 11.7. The van der Waals surface area contributed by atoms with Crippen LogP contribution in [0.2, 0.25) is 0 Å². The number of carbonyl (C=O) groups is 1. The van der Waals surface area contributed by atoms with Crippen LogP contribution in [-0.4, -0.2) is 99.4 Å². The van der Waals surface area contributed by atoms with Gasteiger partial charge in [-0.05, 0) is 63.3 Å². The van der Waals surface area contributed by atoms with Crippen molar-refractivity contribution in [3.63, 3.8) is 0 Å². The molecule has 3 N–H and O–H groups in total. The number of hydrogen-bond donors (Lipinski definition) is 3. The van der Waals surface area contributed by atoms with Crippen LogP contribution in [0.3, 0.4) is 0 Å². The molecular formula is C25H42F4N6O2S. The lowest BCUT2D eigenvalue weighted by atomic mass is 9.77. The van der Waals surface area contributed by atoms with Crippen LogP contribution in [0.1, 0.15) is 58.3 Å². The number of hydrazine groups is 1. The Bertz CT molecular complexity index is 961. The first kappa shape index (κ1) is 28.5. The predicted octanol–water partition coefficient (Wildman–Crippen LogP) is 2.91. The molecule has 0 radical (unpaired) electrons. The summed E-state index contributed by atoms with van der Waals surface area (Å²) in [4.78, 5) is 16.4. The van der Waals surface area contributed by atoms with Gasteiger partial charge in [0, 0.05) is 65.3 Å². The zero-order valence-electron chi connectivity index (χ0n) is 22.3. The molecule has 8 nitrogen and oxygen atoms in total. The van der Waals surface area contributed by atoms with Crippen molar-refractivity contribution >= 4 is 15.6 Å². The molecule has 5 aliphatic rings. The van der Waals surface area contributed by atoms with Crippen LogP contribution in [0.4, 0.5) is 17.6 Å². The molecule has 1 aliphatic carbocycles.